The lowest BCUT2D eigenvalue weighted by Gasteiger charge is -2.32. The highest BCUT2D eigenvalue weighted by Crippen LogP contribution is 2.18. The van der Waals surface area contributed by atoms with Gasteiger partial charge in [-0.2, -0.15) is 0 Å². The standard InChI is InChI=1S/C31H48N6O4/c1-21(2)15-29(30(38)39)33-17-26-9-7-25(8-10-26)16-32-28-11-13-37(14-12-28)31-34-18-27(19-35-31)23(5)36-41-24(6)40-20-22(3)4/h7-10,18-19,21-22,24,28-29,32-33,36H,5,11-17,20H2,1-4,6H3,(H,38,39)/t24?,29-/m0/s1. The first-order valence-corrected chi connectivity index (χ1v) is 14.7. The summed E-state index contributed by atoms with van der Waals surface area (Å²) in [6.45, 7) is 17.8. The summed E-state index contributed by atoms with van der Waals surface area (Å²) in [5.41, 5.74) is 6.48. The van der Waals surface area contributed by atoms with Crippen LogP contribution < -0.4 is 21.0 Å². The molecule has 1 saturated heterocycles. The van der Waals surface area contributed by atoms with E-state index in [4.69, 9.17) is 9.57 Å². The fraction of sp³-hybridized carbons (Fsp3) is 0.581. The number of anilines is 1. The van der Waals surface area contributed by atoms with E-state index in [-0.39, 0.29) is 6.29 Å². The van der Waals surface area contributed by atoms with Gasteiger partial charge in [0.15, 0.2) is 6.29 Å². The van der Waals surface area contributed by atoms with Gasteiger partial charge in [0.2, 0.25) is 5.95 Å². The highest BCUT2D eigenvalue weighted by Gasteiger charge is 2.21. The summed E-state index contributed by atoms with van der Waals surface area (Å²) in [5, 5.41) is 16.3. The number of hydroxylamine groups is 1. The molecule has 0 spiro atoms. The minimum absolute atomic E-state index is 0.329. The summed E-state index contributed by atoms with van der Waals surface area (Å²) < 4.78 is 5.59. The molecule has 1 aliphatic rings. The monoisotopic (exact) mass is 568 g/mol. The van der Waals surface area contributed by atoms with Crippen LogP contribution in [0.1, 0.15) is 70.6 Å². The molecule has 1 aromatic carbocycles. The fourth-order valence-corrected chi connectivity index (χ4v) is 4.52. The first-order chi connectivity index (χ1) is 19.6. The molecule has 3 rings (SSSR count). The van der Waals surface area contributed by atoms with Crippen LogP contribution >= 0.6 is 0 Å². The van der Waals surface area contributed by atoms with Crippen LogP contribution in [0.3, 0.4) is 0 Å². The number of carbonyl (C=O) groups is 1. The van der Waals surface area contributed by atoms with Crippen LogP contribution in [-0.2, 0) is 27.5 Å². The highest BCUT2D eigenvalue weighted by molar-refractivity contribution is 5.73. The molecule has 1 unspecified atom stereocenters. The SMILES string of the molecule is C=C(NOC(C)OCC(C)C)c1cnc(N2CCC(NCc3ccc(CN[C@@H](CC(C)C)C(=O)O)cc3)CC2)nc1. The fourth-order valence-electron chi connectivity index (χ4n) is 4.52. The van der Waals surface area contributed by atoms with Crippen LogP contribution in [0.4, 0.5) is 5.95 Å². The molecule has 10 nitrogen and oxygen atoms in total. The first kappa shape index (κ1) is 32.5. The van der Waals surface area contributed by atoms with Crippen molar-refractivity contribution in [3.05, 3.63) is 59.9 Å². The molecular formula is C31H48N6O4. The third-order valence-electron chi connectivity index (χ3n) is 6.95. The van der Waals surface area contributed by atoms with E-state index in [1.165, 1.54) is 5.56 Å². The van der Waals surface area contributed by atoms with Crippen molar-refractivity contribution in [1.82, 2.24) is 26.1 Å². The molecule has 4 N–H and O–H groups in total. The maximum absolute atomic E-state index is 11.5. The Labute approximate surface area is 244 Å². The van der Waals surface area contributed by atoms with Gasteiger partial charge in [0.1, 0.15) is 6.04 Å². The maximum atomic E-state index is 11.5. The molecule has 2 heterocycles. The van der Waals surface area contributed by atoms with Crippen molar-refractivity contribution in [2.45, 2.75) is 85.3 Å². The van der Waals surface area contributed by atoms with Crippen molar-refractivity contribution in [1.29, 1.82) is 0 Å². The average molecular weight is 569 g/mol. The number of benzene rings is 1. The summed E-state index contributed by atoms with van der Waals surface area (Å²) in [5.74, 6) is 0.692. The molecule has 2 atom stereocenters. The number of rotatable bonds is 17. The average Bonchev–Trinajstić information content (AvgIpc) is 2.96. The van der Waals surface area contributed by atoms with Gasteiger partial charge in [-0.1, -0.05) is 58.5 Å². The lowest BCUT2D eigenvalue weighted by molar-refractivity contribution is -0.160. The second-order valence-corrected chi connectivity index (χ2v) is 11.6. The van der Waals surface area contributed by atoms with Gasteiger partial charge < -0.3 is 25.4 Å². The number of hydrogen-bond acceptors (Lipinski definition) is 9. The van der Waals surface area contributed by atoms with Gasteiger partial charge in [0.05, 0.1) is 12.3 Å². The van der Waals surface area contributed by atoms with Crippen molar-refractivity contribution in [2.75, 3.05) is 24.6 Å². The molecular weight excluding hydrogens is 520 g/mol. The van der Waals surface area contributed by atoms with Gasteiger partial charge in [-0.05, 0) is 49.1 Å². The van der Waals surface area contributed by atoms with Gasteiger partial charge in [0.25, 0.3) is 0 Å². The molecule has 1 aromatic heterocycles. The largest absolute Gasteiger partial charge is 0.480 e. The van der Waals surface area contributed by atoms with E-state index in [1.807, 2.05) is 20.8 Å². The molecule has 1 aliphatic heterocycles. The van der Waals surface area contributed by atoms with E-state index < -0.39 is 12.0 Å². The normalized spacial score (nSPS) is 15.7. The smallest absolute Gasteiger partial charge is 0.320 e. The van der Waals surface area contributed by atoms with E-state index in [1.54, 1.807) is 12.4 Å². The molecule has 0 saturated carbocycles. The molecule has 0 aliphatic carbocycles. The van der Waals surface area contributed by atoms with E-state index in [0.29, 0.717) is 43.1 Å². The molecule has 41 heavy (non-hydrogen) atoms. The number of hydrogen-bond donors (Lipinski definition) is 4. The lowest BCUT2D eigenvalue weighted by Crippen LogP contribution is -2.42. The van der Waals surface area contributed by atoms with Gasteiger partial charge >= 0.3 is 5.97 Å². The predicted molar refractivity (Wildman–Crippen MR) is 162 cm³/mol. The zero-order valence-corrected chi connectivity index (χ0v) is 25.2. The number of aromatic nitrogens is 2. The zero-order chi connectivity index (χ0) is 29.8. The quantitative estimate of drug-likeness (QED) is 0.162. The second kappa shape index (κ2) is 16.4. The number of nitrogens with one attached hydrogen (secondary N) is 3. The van der Waals surface area contributed by atoms with Crippen LogP contribution in [0.15, 0.2) is 43.2 Å². The van der Waals surface area contributed by atoms with Gasteiger partial charge in [0, 0.05) is 50.2 Å². The Balaban J connectivity index is 1.37. The third-order valence-corrected chi connectivity index (χ3v) is 6.95. The summed E-state index contributed by atoms with van der Waals surface area (Å²) >= 11 is 0. The van der Waals surface area contributed by atoms with E-state index >= 15 is 0 Å². The maximum Gasteiger partial charge on any atom is 0.320 e. The number of piperidine rings is 1. The van der Waals surface area contributed by atoms with Gasteiger partial charge in [-0.3, -0.25) is 10.3 Å². The highest BCUT2D eigenvalue weighted by atomic mass is 16.8. The molecule has 10 heteroatoms. The number of carboxylic acids is 1. The van der Waals surface area contributed by atoms with Crippen LogP contribution in [-0.4, -0.2) is 59.1 Å². The number of carboxylic acid groups (broad SMARTS) is 1. The molecule has 0 amide bonds. The van der Waals surface area contributed by atoms with Crippen LogP contribution in [0, 0.1) is 11.8 Å². The predicted octanol–water partition coefficient (Wildman–Crippen LogP) is 4.33. The Morgan fingerprint density at radius 2 is 1.63 bits per heavy atom. The second-order valence-electron chi connectivity index (χ2n) is 11.6. The minimum Gasteiger partial charge on any atom is -0.480 e. The van der Waals surface area contributed by atoms with Crippen molar-refractivity contribution in [3.63, 3.8) is 0 Å². The van der Waals surface area contributed by atoms with Crippen molar-refractivity contribution < 1.29 is 19.5 Å². The number of ether oxygens (including phenoxy) is 1. The molecule has 1 fully saturated rings. The topological polar surface area (TPSA) is 121 Å². The summed E-state index contributed by atoms with van der Waals surface area (Å²) in [4.78, 5) is 28.3. The lowest BCUT2D eigenvalue weighted by atomic mass is 10.0. The van der Waals surface area contributed by atoms with Gasteiger partial charge in [-0.25, -0.2) is 14.8 Å². The Bertz CT molecular complexity index is 1070. The van der Waals surface area contributed by atoms with Crippen molar-refractivity contribution in [3.8, 4) is 0 Å². The minimum atomic E-state index is -0.795. The first-order valence-electron chi connectivity index (χ1n) is 14.7. The number of aliphatic carboxylic acids is 1. The van der Waals surface area contributed by atoms with E-state index in [9.17, 15) is 9.90 Å². The molecule has 2 aromatic rings. The summed E-state index contributed by atoms with van der Waals surface area (Å²) in [7, 11) is 0. The van der Waals surface area contributed by atoms with E-state index in [0.717, 1.165) is 49.6 Å². The van der Waals surface area contributed by atoms with Crippen LogP contribution in [0.2, 0.25) is 0 Å². The Kier molecular flexibility index (Phi) is 13.0. The third kappa shape index (κ3) is 11.4. The van der Waals surface area contributed by atoms with Gasteiger partial charge in [-0.15, -0.1) is 0 Å². The van der Waals surface area contributed by atoms with E-state index in [2.05, 4.69) is 75.7 Å². The van der Waals surface area contributed by atoms with Crippen LogP contribution in [0.5, 0.6) is 0 Å². The summed E-state index contributed by atoms with van der Waals surface area (Å²) in [6.07, 6.45) is 5.77. The zero-order valence-electron chi connectivity index (χ0n) is 25.2. The Hall–Kier alpha value is -3.05. The number of nitrogens with zero attached hydrogens (tertiary/aromatic N) is 3. The van der Waals surface area contributed by atoms with Crippen LogP contribution in [0.25, 0.3) is 5.70 Å². The van der Waals surface area contributed by atoms with Crippen molar-refractivity contribution in [2.24, 2.45) is 11.8 Å². The van der Waals surface area contributed by atoms with Crippen molar-refractivity contribution >= 4 is 17.6 Å². The molecule has 226 valence electrons. The Morgan fingerprint density at radius 3 is 2.20 bits per heavy atom. The molecule has 0 bridgehead atoms. The summed E-state index contributed by atoms with van der Waals surface area (Å²) in [6, 6.07) is 8.27. The Morgan fingerprint density at radius 1 is 1.02 bits per heavy atom. The molecule has 0 radical (unpaired) electrons.